The number of anilines is 1. The Morgan fingerprint density at radius 1 is 1.00 bits per heavy atom. The summed E-state index contributed by atoms with van der Waals surface area (Å²) < 4.78 is 57.8. The van der Waals surface area contributed by atoms with Crippen molar-refractivity contribution in [2.75, 3.05) is 12.4 Å². The highest BCUT2D eigenvalue weighted by atomic mass is 32.2. The maximum absolute atomic E-state index is 12.5. The lowest BCUT2D eigenvalue weighted by Crippen LogP contribution is -2.30. The van der Waals surface area contributed by atoms with Crippen molar-refractivity contribution in [3.8, 4) is 5.75 Å². The number of sulfone groups is 1. The summed E-state index contributed by atoms with van der Waals surface area (Å²) in [5.41, 5.74) is 0.382. The van der Waals surface area contributed by atoms with E-state index in [-0.39, 0.29) is 5.56 Å². The molecule has 1 atom stereocenters. The van der Waals surface area contributed by atoms with E-state index < -0.39 is 38.5 Å². The summed E-state index contributed by atoms with van der Waals surface area (Å²) in [6.07, 6.45) is -1.15. The van der Waals surface area contributed by atoms with Gasteiger partial charge in [0, 0.05) is 5.69 Å². The monoisotopic (exact) mass is 413 g/mol. The summed E-state index contributed by atoms with van der Waals surface area (Å²) in [6, 6.07) is 10.3. The second kappa shape index (κ2) is 8.79. The third kappa shape index (κ3) is 5.03. The van der Waals surface area contributed by atoms with Gasteiger partial charge in [-0.05, 0) is 55.5 Å². The number of amides is 1. The van der Waals surface area contributed by atoms with Crippen LogP contribution < -0.4 is 10.1 Å². The largest absolute Gasteiger partial charge is 0.497 e. The normalized spacial score (nSPS) is 12.3. The maximum Gasteiger partial charge on any atom is 0.341 e. The van der Waals surface area contributed by atoms with E-state index in [1.54, 1.807) is 24.3 Å². The molecule has 2 rings (SSSR count). The smallest absolute Gasteiger partial charge is 0.341 e. The van der Waals surface area contributed by atoms with Crippen molar-refractivity contribution in [3.05, 3.63) is 54.1 Å². The number of ether oxygens (including phenoxy) is 2. The van der Waals surface area contributed by atoms with Gasteiger partial charge in [-0.2, -0.15) is 8.78 Å². The highest BCUT2D eigenvalue weighted by Crippen LogP contribution is 2.19. The Morgan fingerprint density at radius 3 is 2.07 bits per heavy atom. The first-order valence-electron chi connectivity index (χ1n) is 7.93. The molecule has 0 radical (unpaired) electrons. The Hall–Kier alpha value is -3.01. The quantitative estimate of drug-likeness (QED) is 0.701. The van der Waals surface area contributed by atoms with Crippen LogP contribution in [0, 0.1) is 0 Å². The van der Waals surface area contributed by atoms with Gasteiger partial charge in [-0.3, -0.25) is 4.79 Å². The standard InChI is InChI=1S/C18H17F2NO6S/c1-11(16(22)21-13-5-7-14(26-2)8-6-13)27-17(23)12-3-9-15(10-4-12)28(24,25)18(19)20/h3-11,18H,1-2H3,(H,21,22)/t11-/m1/s1. The van der Waals surface area contributed by atoms with Crippen molar-refractivity contribution in [3.63, 3.8) is 0 Å². The van der Waals surface area contributed by atoms with E-state index in [2.05, 4.69) is 5.32 Å². The van der Waals surface area contributed by atoms with E-state index in [0.29, 0.717) is 11.4 Å². The molecule has 1 amide bonds. The van der Waals surface area contributed by atoms with E-state index in [1.807, 2.05) is 0 Å². The van der Waals surface area contributed by atoms with Crippen molar-refractivity contribution in [2.45, 2.75) is 23.7 Å². The van der Waals surface area contributed by atoms with Gasteiger partial charge in [0.2, 0.25) is 9.84 Å². The molecule has 0 aliphatic carbocycles. The molecular weight excluding hydrogens is 396 g/mol. The number of hydrogen-bond acceptors (Lipinski definition) is 6. The molecule has 0 spiro atoms. The average Bonchev–Trinajstić information content (AvgIpc) is 2.68. The topological polar surface area (TPSA) is 98.8 Å². The first-order valence-corrected chi connectivity index (χ1v) is 9.48. The van der Waals surface area contributed by atoms with Crippen LogP contribution in [-0.2, 0) is 19.4 Å². The lowest BCUT2D eigenvalue weighted by atomic mass is 10.2. The van der Waals surface area contributed by atoms with Gasteiger partial charge in [-0.1, -0.05) is 0 Å². The molecule has 2 aromatic rings. The van der Waals surface area contributed by atoms with Crippen molar-refractivity contribution >= 4 is 27.4 Å². The minimum Gasteiger partial charge on any atom is -0.497 e. The Balaban J connectivity index is 2.00. The first kappa shape index (κ1) is 21.3. The van der Waals surface area contributed by atoms with Gasteiger partial charge >= 0.3 is 11.7 Å². The van der Waals surface area contributed by atoms with Crippen LogP contribution in [0.4, 0.5) is 14.5 Å². The van der Waals surface area contributed by atoms with Gasteiger partial charge < -0.3 is 14.8 Å². The number of rotatable bonds is 7. The molecule has 1 N–H and O–H groups in total. The van der Waals surface area contributed by atoms with Gasteiger partial charge in [0.15, 0.2) is 6.10 Å². The average molecular weight is 413 g/mol. The Labute approximate surface area is 160 Å². The number of alkyl halides is 2. The van der Waals surface area contributed by atoms with E-state index in [0.717, 1.165) is 24.3 Å². The minimum absolute atomic E-state index is 0.0858. The molecule has 2 aromatic carbocycles. The molecule has 0 unspecified atom stereocenters. The Morgan fingerprint density at radius 2 is 1.57 bits per heavy atom. The molecule has 0 heterocycles. The van der Waals surface area contributed by atoms with Crippen LogP contribution in [0.5, 0.6) is 5.75 Å². The van der Waals surface area contributed by atoms with E-state index in [4.69, 9.17) is 9.47 Å². The number of halogens is 2. The molecule has 0 fully saturated rings. The number of carbonyl (C=O) groups excluding carboxylic acids is 2. The van der Waals surface area contributed by atoms with Crippen LogP contribution in [0.15, 0.2) is 53.4 Å². The van der Waals surface area contributed by atoms with E-state index in [1.165, 1.54) is 14.0 Å². The van der Waals surface area contributed by atoms with Crippen LogP contribution in [0.1, 0.15) is 17.3 Å². The summed E-state index contributed by atoms with van der Waals surface area (Å²) in [5.74, 6) is -4.45. The minimum atomic E-state index is -4.75. The van der Waals surface area contributed by atoms with Crippen LogP contribution >= 0.6 is 0 Å². The number of esters is 1. The lowest BCUT2D eigenvalue weighted by Gasteiger charge is -2.14. The molecule has 0 aliphatic rings. The number of hydrogen-bond donors (Lipinski definition) is 1. The predicted molar refractivity (Wildman–Crippen MR) is 96.1 cm³/mol. The van der Waals surface area contributed by atoms with Crippen LogP contribution in [0.3, 0.4) is 0 Å². The fourth-order valence-electron chi connectivity index (χ4n) is 2.08. The van der Waals surface area contributed by atoms with Gasteiger partial charge in [0.1, 0.15) is 5.75 Å². The molecule has 150 valence electrons. The summed E-state index contributed by atoms with van der Waals surface area (Å²) in [7, 11) is -3.25. The van der Waals surface area contributed by atoms with Crippen LogP contribution in [0.2, 0.25) is 0 Å². The van der Waals surface area contributed by atoms with Gasteiger partial charge in [-0.15, -0.1) is 0 Å². The summed E-state index contributed by atoms with van der Waals surface area (Å²) >= 11 is 0. The molecule has 0 bridgehead atoms. The number of benzene rings is 2. The number of carbonyl (C=O) groups is 2. The SMILES string of the molecule is COc1ccc(NC(=O)[C@@H](C)OC(=O)c2ccc(S(=O)(=O)C(F)F)cc2)cc1. The first-order chi connectivity index (χ1) is 13.1. The van der Waals surface area contributed by atoms with Crippen molar-refractivity contribution in [2.24, 2.45) is 0 Å². The van der Waals surface area contributed by atoms with Crippen LogP contribution in [-0.4, -0.2) is 39.3 Å². The zero-order valence-corrected chi connectivity index (χ0v) is 15.7. The van der Waals surface area contributed by atoms with Crippen molar-refractivity contribution in [1.82, 2.24) is 0 Å². The van der Waals surface area contributed by atoms with Crippen molar-refractivity contribution < 1.29 is 36.3 Å². The number of nitrogens with one attached hydrogen (secondary N) is 1. The Bertz CT molecular complexity index is 943. The zero-order valence-electron chi connectivity index (χ0n) is 14.9. The molecule has 0 saturated heterocycles. The molecule has 7 nitrogen and oxygen atoms in total. The van der Waals surface area contributed by atoms with Gasteiger partial charge in [-0.25, -0.2) is 13.2 Å². The fourth-order valence-corrected chi connectivity index (χ4v) is 2.81. The van der Waals surface area contributed by atoms with Crippen LogP contribution in [0.25, 0.3) is 0 Å². The third-order valence-corrected chi connectivity index (χ3v) is 5.06. The fraction of sp³-hybridized carbons (Fsp3) is 0.222. The lowest BCUT2D eigenvalue weighted by molar-refractivity contribution is -0.123. The van der Waals surface area contributed by atoms with E-state index >= 15 is 0 Å². The van der Waals surface area contributed by atoms with Gasteiger partial charge in [0.05, 0.1) is 17.6 Å². The summed E-state index contributed by atoms with van der Waals surface area (Å²) in [6.45, 7) is 1.35. The Kier molecular flexibility index (Phi) is 6.68. The number of methoxy groups -OCH3 is 1. The highest BCUT2D eigenvalue weighted by molar-refractivity contribution is 7.91. The second-order valence-corrected chi connectivity index (χ2v) is 7.51. The van der Waals surface area contributed by atoms with Gasteiger partial charge in [0.25, 0.3) is 5.91 Å². The molecule has 0 aromatic heterocycles. The molecule has 28 heavy (non-hydrogen) atoms. The molecule has 0 saturated carbocycles. The molecule has 0 aliphatic heterocycles. The maximum atomic E-state index is 12.5. The molecular formula is C18H17F2NO6S. The van der Waals surface area contributed by atoms with E-state index in [9.17, 15) is 26.8 Å². The second-order valence-electron chi connectivity index (χ2n) is 5.60. The predicted octanol–water partition coefficient (Wildman–Crippen LogP) is 2.88. The third-order valence-electron chi connectivity index (χ3n) is 3.66. The summed E-state index contributed by atoms with van der Waals surface area (Å²) in [5, 5.41) is 2.56. The summed E-state index contributed by atoms with van der Waals surface area (Å²) in [4.78, 5) is 23.6. The zero-order chi connectivity index (χ0) is 20.9. The molecule has 10 heteroatoms. The highest BCUT2D eigenvalue weighted by Gasteiger charge is 2.27. The van der Waals surface area contributed by atoms with Crippen molar-refractivity contribution in [1.29, 1.82) is 0 Å².